The molecule has 0 spiro atoms. The third kappa shape index (κ3) is 2.72. The van der Waals surface area contributed by atoms with Crippen molar-refractivity contribution in [2.75, 3.05) is 6.54 Å². The Bertz CT molecular complexity index is 627. The molecule has 1 aromatic heterocycles. The predicted molar refractivity (Wildman–Crippen MR) is 74.4 cm³/mol. The molecule has 0 saturated carbocycles. The number of nitrogens with zero attached hydrogens (tertiary/aromatic N) is 2. The van der Waals surface area contributed by atoms with Crippen molar-refractivity contribution in [2.45, 2.75) is 31.8 Å². The number of aromatic nitrogens is 2. The topological polar surface area (TPSA) is 29.9 Å². The molecule has 1 N–H and O–H groups in total. The number of halogens is 2. The Morgan fingerprint density at radius 3 is 2.95 bits per heavy atom. The number of rotatable bonds is 3. The highest BCUT2D eigenvalue weighted by atomic mass is 19.2. The summed E-state index contributed by atoms with van der Waals surface area (Å²) in [6.07, 6.45) is 9.45. The number of hydrogen-bond donors (Lipinski definition) is 1. The lowest BCUT2D eigenvalue weighted by Gasteiger charge is -2.20. The minimum Gasteiger partial charge on any atom is -0.327 e. The van der Waals surface area contributed by atoms with Gasteiger partial charge in [0.05, 0.1) is 17.4 Å². The fourth-order valence-electron chi connectivity index (χ4n) is 2.58. The molecule has 0 radical (unpaired) electrons. The fourth-order valence-corrected chi connectivity index (χ4v) is 2.58. The van der Waals surface area contributed by atoms with Gasteiger partial charge in [0.1, 0.15) is 0 Å². The normalized spacial score (nSPS) is 20.0. The van der Waals surface area contributed by atoms with Crippen LogP contribution in [-0.2, 0) is 6.54 Å². The van der Waals surface area contributed by atoms with E-state index in [4.69, 9.17) is 0 Å². The minimum absolute atomic E-state index is 0.424. The first-order valence-corrected chi connectivity index (χ1v) is 6.94. The lowest BCUT2D eigenvalue weighted by molar-refractivity contribution is 0.453. The van der Waals surface area contributed by atoms with Gasteiger partial charge in [0.2, 0.25) is 0 Å². The molecule has 1 atom stereocenters. The summed E-state index contributed by atoms with van der Waals surface area (Å²) in [5.74, 6) is -1.69. The molecule has 2 heterocycles. The molecule has 20 heavy (non-hydrogen) atoms. The number of nitrogens with one attached hydrogen (secondary N) is 1. The molecule has 1 saturated heterocycles. The molecule has 1 aliphatic rings. The maximum atomic E-state index is 13.3. The van der Waals surface area contributed by atoms with Crippen LogP contribution in [0.2, 0.25) is 0 Å². The van der Waals surface area contributed by atoms with E-state index >= 15 is 0 Å². The van der Waals surface area contributed by atoms with E-state index in [1.165, 1.54) is 18.9 Å². The third-order valence-electron chi connectivity index (χ3n) is 3.68. The van der Waals surface area contributed by atoms with Gasteiger partial charge in [-0.15, -0.1) is 0 Å². The second-order valence-electron chi connectivity index (χ2n) is 5.14. The molecule has 1 aliphatic heterocycles. The number of hydrogen-bond acceptors (Lipinski definition) is 2. The first kappa shape index (κ1) is 13.2. The summed E-state index contributed by atoms with van der Waals surface area (Å²) in [4.78, 5) is 4.09. The Morgan fingerprint density at radius 1 is 1.30 bits per heavy atom. The molecule has 0 aliphatic carbocycles. The van der Waals surface area contributed by atoms with E-state index in [2.05, 4.69) is 16.4 Å². The lowest BCUT2D eigenvalue weighted by atomic mass is 10.0. The largest absolute Gasteiger partial charge is 0.327 e. The van der Waals surface area contributed by atoms with Crippen LogP contribution in [-0.4, -0.2) is 22.1 Å². The van der Waals surface area contributed by atoms with Crippen LogP contribution in [0, 0.1) is 11.6 Å². The molecule has 3 nitrogen and oxygen atoms in total. The second kappa shape index (κ2) is 5.71. The molecule has 1 fully saturated rings. The molecular formula is C15H17F2N3. The van der Waals surface area contributed by atoms with Crippen LogP contribution in [0.15, 0.2) is 30.6 Å². The van der Waals surface area contributed by atoms with Crippen molar-refractivity contribution in [3.63, 3.8) is 0 Å². The van der Waals surface area contributed by atoms with Gasteiger partial charge >= 0.3 is 0 Å². The zero-order valence-electron chi connectivity index (χ0n) is 11.1. The van der Waals surface area contributed by atoms with E-state index < -0.39 is 11.6 Å². The second-order valence-corrected chi connectivity index (χ2v) is 5.14. The molecule has 1 aromatic carbocycles. The van der Waals surface area contributed by atoms with E-state index in [1.807, 2.05) is 10.6 Å². The number of fused-ring (bicyclic) bond motifs is 1. The molecule has 0 amide bonds. The van der Waals surface area contributed by atoms with Crippen LogP contribution in [0.1, 0.15) is 19.3 Å². The smallest absolute Gasteiger partial charge is 0.161 e. The quantitative estimate of drug-likeness (QED) is 0.874. The minimum atomic E-state index is -0.857. The summed E-state index contributed by atoms with van der Waals surface area (Å²) >= 11 is 0. The maximum Gasteiger partial charge on any atom is 0.161 e. The van der Waals surface area contributed by atoms with E-state index in [9.17, 15) is 8.78 Å². The van der Waals surface area contributed by atoms with Gasteiger partial charge in [-0.3, -0.25) is 0 Å². The first-order valence-electron chi connectivity index (χ1n) is 6.94. The highest BCUT2D eigenvalue weighted by Gasteiger charge is 2.10. The summed E-state index contributed by atoms with van der Waals surface area (Å²) in [7, 11) is 0. The van der Waals surface area contributed by atoms with Crippen LogP contribution in [0.5, 0.6) is 0 Å². The third-order valence-corrected chi connectivity index (χ3v) is 3.68. The summed E-state index contributed by atoms with van der Waals surface area (Å²) in [5.41, 5.74) is 1.10. The van der Waals surface area contributed by atoms with Crippen molar-refractivity contribution < 1.29 is 8.78 Å². The number of imidazole rings is 1. The average Bonchev–Trinajstić information content (AvgIpc) is 2.83. The summed E-state index contributed by atoms with van der Waals surface area (Å²) in [6, 6.07) is 2.76. The van der Waals surface area contributed by atoms with Crippen molar-refractivity contribution in [3.8, 4) is 0 Å². The highest BCUT2D eigenvalue weighted by molar-refractivity contribution is 5.75. The molecule has 5 heteroatoms. The standard InChI is InChI=1S/C15H17F2N3/c16-12-8-14-15(9-13(12)17)20(10-19-14)7-3-5-11-4-1-2-6-18-11/h3,5,8-11,18H,1-2,4,6-7H2/b5-3+/t11-/m1/s1. The Morgan fingerprint density at radius 2 is 2.15 bits per heavy atom. The Hall–Kier alpha value is -1.75. The monoisotopic (exact) mass is 277 g/mol. The highest BCUT2D eigenvalue weighted by Crippen LogP contribution is 2.17. The summed E-state index contributed by atoms with van der Waals surface area (Å²) in [5, 5.41) is 3.43. The van der Waals surface area contributed by atoms with E-state index in [0.717, 1.165) is 19.0 Å². The lowest BCUT2D eigenvalue weighted by Crippen LogP contribution is -2.32. The van der Waals surface area contributed by atoms with Gasteiger partial charge in [-0.05, 0) is 19.4 Å². The molecule has 0 bridgehead atoms. The Kier molecular flexibility index (Phi) is 3.78. The van der Waals surface area contributed by atoms with Crippen LogP contribution < -0.4 is 5.32 Å². The zero-order chi connectivity index (χ0) is 13.9. The Balaban J connectivity index is 1.74. The van der Waals surface area contributed by atoms with E-state index in [-0.39, 0.29) is 0 Å². The van der Waals surface area contributed by atoms with Crippen molar-refractivity contribution in [2.24, 2.45) is 0 Å². The van der Waals surface area contributed by atoms with Crippen molar-refractivity contribution in [3.05, 3.63) is 42.2 Å². The average molecular weight is 277 g/mol. The number of piperidine rings is 1. The zero-order valence-corrected chi connectivity index (χ0v) is 11.1. The van der Waals surface area contributed by atoms with Gasteiger partial charge in [-0.1, -0.05) is 18.6 Å². The molecule has 2 aromatic rings. The predicted octanol–water partition coefficient (Wildman–Crippen LogP) is 3.01. The summed E-state index contributed by atoms with van der Waals surface area (Å²) in [6.45, 7) is 1.67. The Labute approximate surface area is 116 Å². The number of allylic oxidation sites excluding steroid dienone is 1. The van der Waals surface area contributed by atoms with Gasteiger partial charge in [0, 0.05) is 24.7 Å². The van der Waals surface area contributed by atoms with Gasteiger partial charge in [0.15, 0.2) is 11.6 Å². The first-order chi connectivity index (χ1) is 9.74. The fraction of sp³-hybridized carbons (Fsp3) is 0.400. The molecule has 3 rings (SSSR count). The van der Waals surface area contributed by atoms with Gasteiger partial charge in [-0.25, -0.2) is 13.8 Å². The molecule has 106 valence electrons. The molecular weight excluding hydrogens is 260 g/mol. The van der Waals surface area contributed by atoms with E-state index in [1.54, 1.807) is 6.33 Å². The van der Waals surface area contributed by atoms with Crippen molar-refractivity contribution in [1.29, 1.82) is 0 Å². The van der Waals surface area contributed by atoms with Crippen LogP contribution in [0.3, 0.4) is 0 Å². The van der Waals surface area contributed by atoms with Crippen LogP contribution >= 0.6 is 0 Å². The number of benzene rings is 1. The van der Waals surface area contributed by atoms with E-state index in [0.29, 0.717) is 23.6 Å². The van der Waals surface area contributed by atoms with Gasteiger partial charge in [0.25, 0.3) is 0 Å². The molecule has 0 unspecified atom stereocenters. The van der Waals surface area contributed by atoms with Crippen LogP contribution in [0.4, 0.5) is 8.78 Å². The van der Waals surface area contributed by atoms with Crippen molar-refractivity contribution in [1.82, 2.24) is 14.9 Å². The maximum absolute atomic E-state index is 13.3. The van der Waals surface area contributed by atoms with Gasteiger partial charge in [-0.2, -0.15) is 0 Å². The van der Waals surface area contributed by atoms with Gasteiger partial charge < -0.3 is 9.88 Å². The summed E-state index contributed by atoms with van der Waals surface area (Å²) < 4.78 is 28.2. The van der Waals surface area contributed by atoms with Crippen LogP contribution in [0.25, 0.3) is 11.0 Å². The SMILES string of the molecule is Fc1cc2ncn(C/C=C/[C@H]3CCCCN3)c2cc1F. The van der Waals surface area contributed by atoms with Crippen molar-refractivity contribution >= 4 is 11.0 Å².